The molecule has 0 N–H and O–H groups in total. The van der Waals surface area contributed by atoms with E-state index in [1.807, 2.05) is 58.0 Å². The number of methoxy groups -OCH3 is 2. The molecule has 0 aliphatic carbocycles. The largest absolute Gasteiger partial charge is 0.496 e. The highest BCUT2D eigenvalue weighted by atomic mass is 19.4. The van der Waals surface area contributed by atoms with Gasteiger partial charge in [-0.15, -0.1) is 0 Å². The molecule has 264 valence electrons. The Morgan fingerprint density at radius 2 is 1.06 bits per heavy atom. The van der Waals surface area contributed by atoms with Crippen molar-refractivity contribution in [3.8, 4) is 11.5 Å². The van der Waals surface area contributed by atoms with Crippen LogP contribution in [0.3, 0.4) is 0 Å². The number of hydrogen-bond acceptors (Lipinski definition) is 4. The molecular formula is C41H36F6N2O2. The van der Waals surface area contributed by atoms with Gasteiger partial charge in [0.2, 0.25) is 0 Å². The van der Waals surface area contributed by atoms with Gasteiger partial charge in [-0.25, -0.2) is 0 Å². The first-order valence-electron chi connectivity index (χ1n) is 16.6. The number of hydrogen-bond donors (Lipinski definition) is 0. The Hall–Kier alpha value is -5.12. The molecule has 2 heterocycles. The van der Waals surface area contributed by atoms with Crippen molar-refractivity contribution in [3.05, 3.63) is 135 Å². The topological polar surface area (TPSA) is 24.9 Å². The molecule has 10 heteroatoms. The molecule has 51 heavy (non-hydrogen) atoms. The number of anilines is 5. The maximum atomic E-state index is 14.7. The van der Waals surface area contributed by atoms with E-state index >= 15 is 0 Å². The average molecular weight is 703 g/mol. The lowest BCUT2D eigenvalue weighted by molar-refractivity contribution is -0.143. The zero-order chi connectivity index (χ0) is 36.6. The molecule has 0 unspecified atom stereocenters. The lowest BCUT2D eigenvalue weighted by atomic mass is 9.59. The van der Waals surface area contributed by atoms with E-state index in [0.717, 1.165) is 34.5 Å². The van der Waals surface area contributed by atoms with Gasteiger partial charge in [0.25, 0.3) is 0 Å². The van der Waals surface area contributed by atoms with E-state index in [4.69, 9.17) is 9.47 Å². The molecule has 0 saturated carbocycles. The van der Waals surface area contributed by atoms with Crippen LogP contribution in [0.15, 0.2) is 84.9 Å². The van der Waals surface area contributed by atoms with E-state index in [9.17, 15) is 26.3 Å². The van der Waals surface area contributed by atoms with Gasteiger partial charge in [0, 0.05) is 34.6 Å². The molecule has 1 atom stereocenters. The molecular weight excluding hydrogens is 666 g/mol. The standard InChI is InChI=1S/C41H36F6N2O2/c1-7-17-48-29-11-8-13-31-35(29)39(36-30(48)12-9-15-33(36)50-5,26-20-27(40(42,43)44)22-28(21-26)41(45,46)47)37-32(14-10-16-34(37)51-6)49(31)38-24(3)18-23(2)19-25(38)4/h8-16,18-22H,7,17H2,1-6H3/t39-/m0/s1. The normalized spacial score (nSPS) is 16.4. The number of halogens is 6. The quantitative estimate of drug-likeness (QED) is 0.161. The molecule has 0 spiro atoms. The van der Waals surface area contributed by atoms with Crippen molar-refractivity contribution in [2.24, 2.45) is 0 Å². The summed E-state index contributed by atoms with van der Waals surface area (Å²) in [5.74, 6) is 0.611. The van der Waals surface area contributed by atoms with Crippen molar-refractivity contribution in [1.82, 2.24) is 0 Å². The van der Waals surface area contributed by atoms with Crippen LogP contribution in [0.25, 0.3) is 0 Å². The fourth-order valence-electron chi connectivity index (χ4n) is 8.34. The van der Waals surface area contributed by atoms with E-state index in [1.165, 1.54) is 14.2 Å². The van der Waals surface area contributed by atoms with E-state index in [1.54, 1.807) is 24.3 Å². The lowest BCUT2D eigenvalue weighted by Gasteiger charge is -2.53. The number of nitrogens with zero attached hydrogens (tertiary/aromatic N) is 2. The summed E-state index contributed by atoms with van der Waals surface area (Å²) >= 11 is 0. The van der Waals surface area contributed by atoms with E-state index < -0.39 is 28.9 Å². The summed E-state index contributed by atoms with van der Waals surface area (Å²) in [6, 6.07) is 22.3. The summed E-state index contributed by atoms with van der Waals surface area (Å²) in [6.45, 7) is 8.53. The maximum absolute atomic E-state index is 14.7. The monoisotopic (exact) mass is 702 g/mol. The van der Waals surface area contributed by atoms with E-state index in [-0.39, 0.29) is 11.6 Å². The second kappa shape index (κ2) is 12.0. The Balaban J connectivity index is 1.79. The predicted molar refractivity (Wildman–Crippen MR) is 188 cm³/mol. The molecule has 0 aromatic heterocycles. The van der Waals surface area contributed by atoms with Gasteiger partial charge < -0.3 is 19.3 Å². The van der Waals surface area contributed by atoms with Gasteiger partial charge in [-0.3, -0.25) is 0 Å². The van der Waals surface area contributed by atoms with E-state index in [2.05, 4.69) is 21.9 Å². The summed E-state index contributed by atoms with van der Waals surface area (Å²) in [5.41, 5.74) is 2.81. The highest BCUT2D eigenvalue weighted by molar-refractivity contribution is 6.00. The van der Waals surface area contributed by atoms with Crippen molar-refractivity contribution in [2.75, 3.05) is 30.6 Å². The number of alkyl halides is 6. The minimum Gasteiger partial charge on any atom is -0.496 e. The van der Waals surface area contributed by atoms with Crippen LogP contribution in [0.2, 0.25) is 0 Å². The third kappa shape index (κ3) is 5.05. The highest BCUT2D eigenvalue weighted by Crippen LogP contribution is 2.68. The highest BCUT2D eigenvalue weighted by Gasteiger charge is 2.56. The van der Waals surface area contributed by atoms with Crippen LogP contribution in [0.5, 0.6) is 11.5 Å². The van der Waals surface area contributed by atoms with Crippen LogP contribution in [-0.2, 0) is 17.8 Å². The number of fused-ring (bicyclic) bond motifs is 4. The summed E-state index contributed by atoms with van der Waals surface area (Å²) in [4.78, 5) is 4.16. The average Bonchev–Trinajstić information content (AvgIpc) is 3.08. The van der Waals surface area contributed by atoms with Crippen molar-refractivity contribution < 1.29 is 35.8 Å². The van der Waals surface area contributed by atoms with Gasteiger partial charge in [-0.1, -0.05) is 42.8 Å². The number of benzene rings is 5. The fourth-order valence-corrected chi connectivity index (χ4v) is 8.34. The van der Waals surface area contributed by atoms with Gasteiger partial charge in [0.1, 0.15) is 11.5 Å². The minimum absolute atomic E-state index is 0.180. The van der Waals surface area contributed by atoms with Gasteiger partial charge >= 0.3 is 12.4 Å². The number of ether oxygens (including phenoxy) is 2. The smallest absolute Gasteiger partial charge is 0.416 e. The second-order valence-corrected chi connectivity index (χ2v) is 13.2. The summed E-state index contributed by atoms with van der Waals surface area (Å²) in [7, 11) is 2.92. The maximum Gasteiger partial charge on any atom is 0.416 e. The molecule has 0 bridgehead atoms. The summed E-state index contributed by atoms with van der Waals surface area (Å²) in [5, 5.41) is 0. The molecule has 0 saturated heterocycles. The lowest BCUT2D eigenvalue weighted by Crippen LogP contribution is -2.44. The second-order valence-electron chi connectivity index (χ2n) is 13.2. The minimum atomic E-state index is -5.08. The fraction of sp³-hybridized carbons (Fsp3) is 0.268. The molecule has 5 aromatic rings. The molecule has 2 aliphatic rings. The van der Waals surface area contributed by atoms with E-state index in [0.29, 0.717) is 63.9 Å². The van der Waals surface area contributed by atoms with Crippen LogP contribution in [0.4, 0.5) is 54.8 Å². The molecule has 2 aliphatic heterocycles. The Morgan fingerprint density at radius 3 is 1.55 bits per heavy atom. The third-order valence-corrected chi connectivity index (χ3v) is 9.98. The van der Waals surface area contributed by atoms with Crippen LogP contribution >= 0.6 is 0 Å². The van der Waals surface area contributed by atoms with Gasteiger partial charge in [-0.2, -0.15) is 26.3 Å². The van der Waals surface area contributed by atoms with Crippen LogP contribution in [0.1, 0.15) is 63.4 Å². The Kier molecular flexibility index (Phi) is 8.07. The zero-order valence-corrected chi connectivity index (χ0v) is 29.0. The Labute approximate surface area is 292 Å². The van der Waals surface area contributed by atoms with Crippen molar-refractivity contribution >= 4 is 28.4 Å². The van der Waals surface area contributed by atoms with Crippen LogP contribution < -0.4 is 19.3 Å². The first kappa shape index (κ1) is 34.3. The van der Waals surface area contributed by atoms with Crippen LogP contribution in [0, 0.1) is 20.8 Å². The molecule has 0 fully saturated rings. The number of aryl methyl sites for hydroxylation is 3. The zero-order valence-electron chi connectivity index (χ0n) is 29.0. The van der Waals surface area contributed by atoms with Gasteiger partial charge in [0.05, 0.1) is 47.8 Å². The summed E-state index contributed by atoms with van der Waals surface area (Å²) in [6.07, 6.45) is -9.46. The van der Waals surface area contributed by atoms with Crippen molar-refractivity contribution in [1.29, 1.82) is 0 Å². The van der Waals surface area contributed by atoms with Crippen molar-refractivity contribution in [2.45, 2.75) is 51.9 Å². The molecule has 0 amide bonds. The van der Waals surface area contributed by atoms with Gasteiger partial charge in [-0.05, 0) is 98.5 Å². The first-order valence-corrected chi connectivity index (χ1v) is 16.6. The van der Waals surface area contributed by atoms with Crippen LogP contribution in [-0.4, -0.2) is 20.8 Å². The molecule has 7 rings (SSSR count). The number of rotatable bonds is 6. The Bertz CT molecular complexity index is 2140. The molecule has 0 radical (unpaired) electrons. The molecule has 4 nitrogen and oxygen atoms in total. The third-order valence-electron chi connectivity index (χ3n) is 9.98. The van der Waals surface area contributed by atoms with Crippen molar-refractivity contribution in [3.63, 3.8) is 0 Å². The molecule has 5 aromatic carbocycles. The predicted octanol–water partition coefficient (Wildman–Crippen LogP) is 11.7. The first-order chi connectivity index (χ1) is 24.2. The summed E-state index contributed by atoms with van der Waals surface area (Å²) < 4.78 is 101. The SMILES string of the molecule is CCCN1c2cccc(OC)c2[C@@]2(c3cc(C(F)(F)F)cc(C(F)(F)F)c3)c3c(OC)cccc3N(c3c(C)cc(C)cc3C)c3cccc1c32. The Morgan fingerprint density at radius 1 is 0.608 bits per heavy atom. The van der Waals surface area contributed by atoms with Gasteiger partial charge in [0.15, 0.2) is 0 Å².